The van der Waals surface area contributed by atoms with Crippen LogP contribution in [0.4, 0.5) is 0 Å². The normalized spacial score (nSPS) is 12.1. The Kier molecular flexibility index (Phi) is 8.09. The largest absolute Gasteiger partial charge is 0.464 e. The first-order valence-electron chi connectivity index (χ1n) is 12.9. The van der Waals surface area contributed by atoms with Gasteiger partial charge in [0.15, 0.2) is 0 Å². The van der Waals surface area contributed by atoms with Gasteiger partial charge in [0.1, 0.15) is 5.58 Å². The number of nitrogens with zero attached hydrogens (tertiary/aromatic N) is 1. The third-order valence-electron chi connectivity index (χ3n) is 6.67. The summed E-state index contributed by atoms with van der Waals surface area (Å²) in [6.07, 6.45) is 1.67. The van der Waals surface area contributed by atoms with Crippen LogP contribution in [-0.4, -0.2) is 33.3 Å². The van der Waals surface area contributed by atoms with Gasteiger partial charge in [0.25, 0.3) is 10.0 Å². The van der Waals surface area contributed by atoms with Crippen LogP contribution in [0.15, 0.2) is 76.2 Å². The summed E-state index contributed by atoms with van der Waals surface area (Å²) in [6, 6.07) is 18.9. The standard InChI is InChI=1S/C31H36N2O4S/c1-20(2)27-16-25(23-9-12-30-24(15-23)13-14-37-30)17-28(21(3)4)29(27)18-31(34)32-38(35,36)26-10-7-22(8-11-26)19-33(5)6/h7-17,20-21H,18-19H2,1-6H3,(H,32,34). The zero-order valence-electron chi connectivity index (χ0n) is 22.9. The molecule has 0 aliphatic carbocycles. The molecule has 4 rings (SSSR count). The highest BCUT2D eigenvalue weighted by Gasteiger charge is 2.23. The van der Waals surface area contributed by atoms with Gasteiger partial charge in [0.2, 0.25) is 5.91 Å². The first-order valence-corrected chi connectivity index (χ1v) is 14.4. The molecular weight excluding hydrogens is 496 g/mol. The zero-order valence-corrected chi connectivity index (χ0v) is 23.7. The number of hydrogen-bond acceptors (Lipinski definition) is 5. The van der Waals surface area contributed by atoms with E-state index in [0.717, 1.165) is 44.3 Å². The quantitative estimate of drug-likeness (QED) is 0.268. The second-order valence-electron chi connectivity index (χ2n) is 10.7. The fourth-order valence-corrected chi connectivity index (χ4v) is 5.79. The summed E-state index contributed by atoms with van der Waals surface area (Å²) in [7, 11) is -0.0781. The summed E-state index contributed by atoms with van der Waals surface area (Å²) in [5.41, 5.74) is 6.93. The Morgan fingerprint density at radius 2 is 1.50 bits per heavy atom. The molecule has 38 heavy (non-hydrogen) atoms. The summed E-state index contributed by atoms with van der Waals surface area (Å²) >= 11 is 0. The molecule has 0 saturated carbocycles. The number of fused-ring (bicyclic) bond motifs is 1. The van der Waals surface area contributed by atoms with Crippen molar-refractivity contribution in [2.75, 3.05) is 14.1 Å². The van der Waals surface area contributed by atoms with Gasteiger partial charge in [-0.25, -0.2) is 13.1 Å². The molecule has 0 aliphatic rings. The van der Waals surface area contributed by atoms with Gasteiger partial charge in [-0.1, -0.05) is 58.0 Å². The minimum Gasteiger partial charge on any atom is -0.464 e. The van der Waals surface area contributed by atoms with Crippen LogP contribution in [0.2, 0.25) is 0 Å². The Morgan fingerprint density at radius 1 is 0.868 bits per heavy atom. The van der Waals surface area contributed by atoms with Crippen molar-refractivity contribution in [1.82, 2.24) is 9.62 Å². The molecule has 0 bridgehead atoms. The molecule has 3 aromatic carbocycles. The van der Waals surface area contributed by atoms with E-state index in [1.807, 2.05) is 37.2 Å². The van der Waals surface area contributed by atoms with Crippen LogP contribution in [0.25, 0.3) is 22.1 Å². The predicted octanol–water partition coefficient (Wildman–Crippen LogP) is 6.46. The summed E-state index contributed by atoms with van der Waals surface area (Å²) in [5, 5.41) is 1.03. The molecule has 6 nitrogen and oxygen atoms in total. The van der Waals surface area contributed by atoms with Crippen LogP contribution in [-0.2, 0) is 27.8 Å². The van der Waals surface area contributed by atoms with Gasteiger partial charge in [0, 0.05) is 11.9 Å². The zero-order chi connectivity index (χ0) is 27.6. The van der Waals surface area contributed by atoms with E-state index in [-0.39, 0.29) is 23.2 Å². The second kappa shape index (κ2) is 11.1. The molecule has 4 aromatic rings. The smallest absolute Gasteiger partial charge is 0.264 e. The number of sulfonamides is 1. The van der Waals surface area contributed by atoms with Crippen molar-refractivity contribution in [2.45, 2.75) is 57.4 Å². The van der Waals surface area contributed by atoms with Gasteiger partial charge >= 0.3 is 0 Å². The summed E-state index contributed by atoms with van der Waals surface area (Å²) in [6.45, 7) is 9.08. The van der Waals surface area contributed by atoms with E-state index in [9.17, 15) is 13.2 Å². The highest BCUT2D eigenvalue weighted by molar-refractivity contribution is 7.90. The average Bonchev–Trinajstić information content (AvgIpc) is 3.31. The number of benzene rings is 3. The van der Waals surface area contributed by atoms with Crippen molar-refractivity contribution in [1.29, 1.82) is 0 Å². The molecular formula is C31H36N2O4S. The van der Waals surface area contributed by atoms with Gasteiger partial charge < -0.3 is 9.32 Å². The SMILES string of the molecule is CC(C)c1cc(-c2ccc3occc3c2)cc(C(C)C)c1CC(=O)NS(=O)(=O)c1ccc(CN(C)C)cc1. The van der Waals surface area contributed by atoms with E-state index in [2.05, 4.69) is 50.6 Å². The van der Waals surface area contributed by atoms with E-state index in [1.54, 1.807) is 30.5 Å². The Hall–Kier alpha value is -3.42. The van der Waals surface area contributed by atoms with Crippen LogP contribution in [0.5, 0.6) is 0 Å². The molecule has 1 aromatic heterocycles. The van der Waals surface area contributed by atoms with E-state index < -0.39 is 15.9 Å². The maximum Gasteiger partial charge on any atom is 0.264 e. The lowest BCUT2D eigenvalue weighted by atomic mass is 9.84. The second-order valence-corrected chi connectivity index (χ2v) is 12.4. The number of amides is 1. The highest BCUT2D eigenvalue weighted by Crippen LogP contribution is 2.35. The molecule has 0 spiro atoms. The summed E-state index contributed by atoms with van der Waals surface area (Å²) in [4.78, 5) is 15.2. The lowest BCUT2D eigenvalue weighted by molar-refractivity contribution is -0.118. The molecule has 0 radical (unpaired) electrons. The van der Waals surface area contributed by atoms with Gasteiger partial charge in [-0.3, -0.25) is 4.79 Å². The Bertz CT molecular complexity index is 1520. The monoisotopic (exact) mass is 532 g/mol. The molecule has 0 unspecified atom stereocenters. The van der Waals surface area contributed by atoms with Crippen molar-refractivity contribution in [3.8, 4) is 11.1 Å². The van der Waals surface area contributed by atoms with E-state index in [1.165, 1.54) is 0 Å². The van der Waals surface area contributed by atoms with Crippen molar-refractivity contribution >= 4 is 26.9 Å². The molecule has 1 N–H and O–H groups in total. The molecule has 0 aliphatic heterocycles. The molecule has 1 amide bonds. The summed E-state index contributed by atoms with van der Waals surface area (Å²) in [5.74, 6) is -0.249. The van der Waals surface area contributed by atoms with Gasteiger partial charge in [-0.05, 0) is 89.6 Å². The Morgan fingerprint density at radius 3 is 2.08 bits per heavy atom. The molecule has 0 atom stereocenters. The van der Waals surface area contributed by atoms with Crippen LogP contribution in [0.3, 0.4) is 0 Å². The number of nitrogens with one attached hydrogen (secondary N) is 1. The molecule has 0 saturated heterocycles. The number of hydrogen-bond donors (Lipinski definition) is 1. The van der Waals surface area contributed by atoms with Crippen LogP contribution >= 0.6 is 0 Å². The minimum atomic E-state index is -3.98. The predicted molar refractivity (Wildman–Crippen MR) is 153 cm³/mol. The molecule has 200 valence electrons. The lowest BCUT2D eigenvalue weighted by Gasteiger charge is -2.22. The highest BCUT2D eigenvalue weighted by atomic mass is 32.2. The molecule has 0 fully saturated rings. The van der Waals surface area contributed by atoms with Gasteiger partial charge in [-0.15, -0.1) is 0 Å². The summed E-state index contributed by atoms with van der Waals surface area (Å²) < 4.78 is 33.7. The first kappa shape index (κ1) is 27.6. The van der Waals surface area contributed by atoms with Crippen LogP contribution in [0, 0.1) is 0 Å². The molecule has 1 heterocycles. The fraction of sp³-hybridized carbons (Fsp3) is 0.323. The van der Waals surface area contributed by atoms with E-state index >= 15 is 0 Å². The van der Waals surface area contributed by atoms with E-state index in [0.29, 0.717) is 6.54 Å². The Balaban J connectivity index is 1.64. The maximum atomic E-state index is 13.1. The minimum absolute atomic E-state index is 0.0139. The molecule has 7 heteroatoms. The van der Waals surface area contributed by atoms with Crippen molar-refractivity contribution in [2.24, 2.45) is 0 Å². The third-order valence-corrected chi connectivity index (χ3v) is 8.06. The number of carbonyl (C=O) groups excluding carboxylic acids is 1. The number of carbonyl (C=O) groups is 1. The van der Waals surface area contributed by atoms with Crippen molar-refractivity contribution in [3.63, 3.8) is 0 Å². The van der Waals surface area contributed by atoms with Crippen LogP contribution in [0.1, 0.15) is 61.8 Å². The lowest BCUT2D eigenvalue weighted by Crippen LogP contribution is -2.32. The number of rotatable bonds is 9. The maximum absolute atomic E-state index is 13.1. The fourth-order valence-electron chi connectivity index (χ4n) is 4.81. The topological polar surface area (TPSA) is 79.6 Å². The van der Waals surface area contributed by atoms with Crippen molar-refractivity contribution in [3.05, 3.63) is 89.2 Å². The van der Waals surface area contributed by atoms with Gasteiger partial charge in [-0.2, -0.15) is 0 Å². The third kappa shape index (κ3) is 6.17. The van der Waals surface area contributed by atoms with Gasteiger partial charge in [0.05, 0.1) is 17.6 Å². The van der Waals surface area contributed by atoms with Crippen molar-refractivity contribution < 1.29 is 17.6 Å². The van der Waals surface area contributed by atoms with Crippen LogP contribution < -0.4 is 4.72 Å². The average molecular weight is 533 g/mol. The van der Waals surface area contributed by atoms with E-state index in [4.69, 9.17) is 4.42 Å². The first-order chi connectivity index (χ1) is 17.9. The number of furan rings is 1. The Labute approximate surface area is 225 Å².